The van der Waals surface area contributed by atoms with Crippen molar-refractivity contribution in [1.82, 2.24) is 10.2 Å². The normalized spacial score (nSPS) is 25.7. The van der Waals surface area contributed by atoms with Crippen molar-refractivity contribution in [3.8, 4) is 0 Å². The van der Waals surface area contributed by atoms with Gasteiger partial charge in [-0.1, -0.05) is 0 Å². The van der Waals surface area contributed by atoms with Gasteiger partial charge in [0.2, 0.25) is 5.91 Å². The van der Waals surface area contributed by atoms with Crippen LogP contribution in [0.2, 0.25) is 0 Å². The van der Waals surface area contributed by atoms with Gasteiger partial charge in [0.05, 0.1) is 5.25 Å². The van der Waals surface area contributed by atoms with E-state index in [-0.39, 0.29) is 30.4 Å². The highest BCUT2D eigenvalue weighted by molar-refractivity contribution is 7.86. The van der Waals surface area contributed by atoms with Gasteiger partial charge in [-0.05, 0) is 52.9 Å². The molecule has 2 N–H and O–H groups in total. The molecule has 1 aliphatic carbocycles. The molecule has 2 amide bonds. The third kappa shape index (κ3) is 5.85. The zero-order valence-electron chi connectivity index (χ0n) is 15.0. The van der Waals surface area contributed by atoms with Crippen LogP contribution in [0.4, 0.5) is 4.79 Å². The van der Waals surface area contributed by atoms with Crippen LogP contribution < -0.4 is 5.32 Å². The lowest BCUT2D eigenvalue weighted by molar-refractivity contribution is -0.125. The van der Waals surface area contributed by atoms with Crippen molar-refractivity contribution in [2.45, 2.75) is 69.8 Å². The molecule has 0 radical (unpaired) electrons. The molecule has 1 saturated carbocycles. The number of hydrogen-bond donors (Lipinski definition) is 2. The zero-order chi connectivity index (χ0) is 18.8. The Labute approximate surface area is 149 Å². The molecule has 1 saturated heterocycles. The highest BCUT2D eigenvalue weighted by atomic mass is 32.2. The smallest absolute Gasteiger partial charge is 0.410 e. The number of nitrogens with one attached hydrogen (secondary N) is 1. The van der Waals surface area contributed by atoms with Crippen molar-refractivity contribution >= 4 is 22.1 Å². The van der Waals surface area contributed by atoms with E-state index in [1.54, 1.807) is 4.90 Å². The summed E-state index contributed by atoms with van der Waals surface area (Å²) in [5, 5.41) is 2.11. The number of rotatable bonds is 3. The van der Waals surface area contributed by atoms with E-state index in [0.29, 0.717) is 38.8 Å². The lowest BCUT2D eigenvalue weighted by atomic mass is 10.0. The molecule has 0 spiro atoms. The fraction of sp³-hybridized carbons (Fsp3) is 0.875. The van der Waals surface area contributed by atoms with Gasteiger partial charge >= 0.3 is 6.09 Å². The van der Waals surface area contributed by atoms with Gasteiger partial charge in [-0.25, -0.2) is 4.79 Å². The number of carbonyl (C=O) groups is 2. The summed E-state index contributed by atoms with van der Waals surface area (Å²) in [6.45, 7) is 6.48. The van der Waals surface area contributed by atoms with E-state index in [0.717, 1.165) is 0 Å². The Hall–Kier alpha value is -1.35. The van der Waals surface area contributed by atoms with Crippen LogP contribution in [0, 0.1) is 5.92 Å². The van der Waals surface area contributed by atoms with Gasteiger partial charge < -0.3 is 15.0 Å². The first-order valence-electron chi connectivity index (χ1n) is 8.70. The van der Waals surface area contributed by atoms with E-state index >= 15 is 0 Å². The Morgan fingerprint density at radius 1 is 1.12 bits per heavy atom. The van der Waals surface area contributed by atoms with Crippen LogP contribution in [0.1, 0.15) is 52.9 Å². The Bertz CT molecular complexity index is 605. The fourth-order valence-electron chi connectivity index (χ4n) is 3.30. The first kappa shape index (κ1) is 20.0. The minimum Gasteiger partial charge on any atom is -0.444 e. The van der Waals surface area contributed by atoms with Crippen LogP contribution in [-0.2, 0) is 19.6 Å². The second-order valence-electron chi connectivity index (χ2n) is 7.90. The van der Waals surface area contributed by atoms with Crippen molar-refractivity contribution in [2.24, 2.45) is 5.92 Å². The third-order valence-electron chi connectivity index (χ3n) is 4.67. The van der Waals surface area contributed by atoms with Gasteiger partial charge in [-0.3, -0.25) is 9.35 Å². The van der Waals surface area contributed by atoms with Crippen LogP contribution in [0.15, 0.2) is 0 Å². The Morgan fingerprint density at radius 2 is 1.72 bits per heavy atom. The largest absolute Gasteiger partial charge is 0.444 e. The average Bonchev–Trinajstić information content (AvgIpc) is 2.96. The summed E-state index contributed by atoms with van der Waals surface area (Å²) < 4.78 is 36.8. The molecule has 1 heterocycles. The maximum Gasteiger partial charge on any atom is 0.410 e. The van der Waals surface area contributed by atoms with E-state index in [2.05, 4.69) is 5.32 Å². The van der Waals surface area contributed by atoms with E-state index in [9.17, 15) is 18.0 Å². The molecule has 0 aromatic heterocycles. The summed E-state index contributed by atoms with van der Waals surface area (Å²) in [5.41, 5.74) is -0.534. The molecule has 9 heteroatoms. The minimum absolute atomic E-state index is 0.0315. The van der Waals surface area contributed by atoms with Crippen molar-refractivity contribution in [3.05, 3.63) is 0 Å². The van der Waals surface area contributed by atoms with Crippen LogP contribution in [0.3, 0.4) is 0 Å². The van der Waals surface area contributed by atoms with E-state index < -0.39 is 21.0 Å². The number of ether oxygens (including phenoxy) is 1. The highest BCUT2D eigenvalue weighted by Crippen LogP contribution is 2.30. The first-order chi connectivity index (χ1) is 11.5. The standard InChI is InChI=1S/C16H28N2O6S/c1-16(2,3)24-15(20)18-8-6-12(7-9-18)17-14(19)11-4-5-13(10-11)25(21,22)23/h11-13H,4-10H2,1-3H3,(H,17,19)(H,21,22,23). The number of piperidine rings is 1. The van der Waals surface area contributed by atoms with E-state index in [4.69, 9.17) is 9.29 Å². The number of amides is 2. The topological polar surface area (TPSA) is 113 Å². The summed E-state index contributed by atoms with van der Waals surface area (Å²) in [7, 11) is -4.07. The van der Waals surface area contributed by atoms with Gasteiger partial charge in [0.1, 0.15) is 5.60 Å². The van der Waals surface area contributed by atoms with Gasteiger partial charge in [-0.15, -0.1) is 0 Å². The Balaban J connectivity index is 1.77. The van der Waals surface area contributed by atoms with E-state index in [1.807, 2.05) is 20.8 Å². The molecular weight excluding hydrogens is 348 g/mol. The van der Waals surface area contributed by atoms with Crippen molar-refractivity contribution in [2.75, 3.05) is 13.1 Å². The molecule has 2 atom stereocenters. The van der Waals surface area contributed by atoms with Gasteiger partial charge in [0.25, 0.3) is 10.1 Å². The average molecular weight is 376 g/mol. The van der Waals surface area contributed by atoms with Gasteiger partial charge in [0.15, 0.2) is 0 Å². The van der Waals surface area contributed by atoms with Crippen LogP contribution in [0.25, 0.3) is 0 Å². The molecule has 8 nitrogen and oxygen atoms in total. The lowest BCUT2D eigenvalue weighted by Gasteiger charge is -2.34. The van der Waals surface area contributed by atoms with Crippen LogP contribution in [-0.4, -0.2) is 59.9 Å². The SMILES string of the molecule is CC(C)(C)OC(=O)N1CCC(NC(=O)C2CCC(S(=O)(=O)O)C2)CC1. The van der Waals surface area contributed by atoms with Crippen LogP contribution >= 0.6 is 0 Å². The van der Waals surface area contributed by atoms with Crippen LogP contribution in [0.5, 0.6) is 0 Å². The lowest BCUT2D eigenvalue weighted by Crippen LogP contribution is -2.48. The quantitative estimate of drug-likeness (QED) is 0.723. The maximum atomic E-state index is 12.3. The van der Waals surface area contributed by atoms with Crippen molar-refractivity contribution in [3.63, 3.8) is 0 Å². The summed E-state index contributed by atoms with van der Waals surface area (Å²) in [5.74, 6) is -0.544. The summed E-state index contributed by atoms with van der Waals surface area (Å²) in [6, 6.07) is -0.0315. The molecule has 0 bridgehead atoms. The molecule has 2 unspecified atom stereocenters. The molecule has 2 rings (SSSR count). The molecule has 144 valence electrons. The molecule has 0 aromatic rings. The van der Waals surface area contributed by atoms with Crippen molar-refractivity contribution < 1.29 is 27.3 Å². The predicted molar refractivity (Wildman–Crippen MR) is 91.6 cm³/mol. The number of hydrogen-bond acceptors (Lipinski definition) is 5. The van der Waals surface area contributed by atoms with Gasteiger partial charge in [0, 0.05) is 25.0 Å². The Kier molecular flexibility index (Phi) is 5.98. The minimum atomic E-state index is -4.07. The number of likely N-dealkylation sites (tertiary alicyclic amines) is 1. The van der Waals surface area contributed by atoms with Crippen molar-refractivity contribution in [1.29, 1.82) is 0 Å². The maximum absolute atomic E-state index is 12.3. The molecule has 0 aromatic carbocycles. The zero-order valence-corrected chi connectivity index (χ0v) is 15.8. The summed E-state index contributed by atoms with van der Waals surface area (Å²) >= 11 is 0. The molecule has 2 fully saturated rings. The molecule has 1 aliphatic heterocycles. The third-order valence-corrected chi connectivity index (χ3v) is 5.94. The van der Waals surface area contributed by atoms with Gasteiger partial charge in [-0.2, -0.15) is 8.42 Å². The van der Waals surface area contributed by atoms with E-state index in [1.165, 1.54) is 0 Å². The molecule has 25 heavy (non-hydrogen) atoms. The summed E-state index contributed by atoms with van der Waals surface area (Å²) in [4.78, 5) is 26.0. The predicted octanol–water partition coefficient (Wildman–Crippen LogP) is 1.56. The molecule has 2 aliphatic rings. The number of nitrogens with zero attached hydrogens (tertiary/aromatic N) is 1. The monoisotopic (exact) mass is 376 g/mol. The second-order valence-corrected chi connectivity index (χ2v) is 9.59. The molecular formula is C16H28N2O6S. The Morgan fingerprint density at radius 3 is 2.20 bits per heavy atom. The second kappa shape index (κ2) is 7.49. The first-order valence-corrected chi connectivity index (χ1v) is 10.2. The summed E-state index contributed by atoms with van der Waals surface area (Å²) in [6.07, 6.45) is 1.88. The fourth-order valence-corrected chi connectivity index (χ4v) is 4.21. The highest BCUT2D eigenvalue weighted by Gasteiger charge is 2.37. The number of carbonyl (C=O) groups excluding carboxylic acids is 2.